The van der Waals surface area contributed by atoms with Gasteiger partial charge in [-0.2, -0.15) is 0 Å². The molecule has 1 aromatic rings. The van der Waals surface area contributed by atoms with Gasteiger partial charge in [-0.3, -0.25) is 14.4 Å². The van der Waals surface area contributed by atoms with Crippen LogP contribution in [0.5, 0.6) is 0 Å². The summed E-state index contributed by atoms with van der Waals surface area (Å²) in [6.07, 6.45) is 0.650. The van der Waals surface area contributed by atoms with E-state index in [9.17, 15) is 14.4 Å². The summed E-state index contributed by atoms with van der Waals surface area (Å²) in [5.41, 5.74) is 0.776. The maximum atomic E-state index is 11.8. The Labute approximate surface area is 111 Å². The number of carbonyl (C=O) groups excluding carboxylic acids is 3. The number of rotatable bonds is 6. The molecule has 1 rings (SSSR count). The Morgan fingerprint density at radius 2 is 1.74 bits per heavy atom. The van der Waals surface area contributed by atoms with E-state index in [-0.39, 0.29) is 13.2 Å². The molecule has 0 spiro atoms. The van der Waals surface area contributed by atoms with Crippen LogP contribution in [0.3, 0.4) is 0 Å². The topological polar surface area (TPSA) is 69.7 Å². The van der Waals surface area contributed by atoms with Gasteiger partial charge in [0.15, 0.2) is 5.92 Å². The van der Waals surface area contributed by atoms with Gasteiger partial charge < -0.3 is 9.47 Å². The van der Waals surface area contributed by atoms with Gasteiger partial charge in [-0.15, -0.1) is 0 Å². The molecule has 0 aromatic heterocycles. The van der Waals surface area contributed by atoms with Crippen LogP contribution in [-0.2, 0) is 19.1 Å². The minimum absolute atomic E-state index is 0.169. The first-order valence-electron chi connectivity index (χ1n) is 6.02. The second-order valence-corrected chi connectivity index (χ2v) is 3.73. The first kappa shape index (κ1) is 14.9. The summed E-state index contributed by atoms with van der Waals surface area (Å²) in [5, 5.41) is 0. The summed E-state index contributed by atoms with van der Waals surface area (Å²) in [6, 6.07) is 6.26. The Balaban J connectivity index is 3.10. The molecule has 0 aliphatic carbocycles. The van der Waals surface area contributed by atoms with Crippen LogP contribution in [0.1, 0.15) is 35.7 Å². The Morgan fingerprint density at radius 1 is 1.16 bits per heavy atom. The van der Waals surface area contributed by atoms with Crippen molar-refractivity contribution in [1.29, 1.82) is 0 Å². The fraction of sp³-hybridized carbons (Fsp3) is 0.357. The predicted octanol–water partition coefficient (Wildman–Crippen LogP) is 1.71. The highest BCUT2D eigenvalue weighted by Crippen LogP contribution is 2.20. The summed E-state index contributed by atoms with van der Waals surface area (Å²) >= 11 is 0. The van der Waals surface area contributed by atoms with Crippen LogP contribution in [0, 0.1) is 0 Å². The van der Waals surface area contributed by atoms with Crippen LogP contribution in [0.4, 0.5) is 0 Å². The van der Waals surface area contributed by atoms with Crippen molar-refractivity contribution in [2.75, 3.05) is 13.2 Å². The van der Waals surface area contributed by atoms with Crippen LogP contribution in [0.15, 0.2) is 24.3 Å². The number of hydrogen-bond donors (Lipinski definition) is 0. The number of esters is 2. The minimum Gasteiger partial charge on any atom is -0.465 e. The van der Waals surface area contributed by atoms with Crippen molar-refractivity contribution in [1.82, 2.24) is 0 Å². The molecule has 19 heavy (non-hydrogen) atoms. The molecule has 5 heteroatoms. The molecule has 0 bridgehead atoms. The minimum atomic E-state index is -1.15. The van der Waals surface area contributed by atoms with E-state index in [1.54, 1.807) is 32.0 Å². The maximum Gasteiger partial charge on any atom is 0.324 e. The zero-order valence-electron chi connectivity index (χ0n) is 10.9. The molecule has 0 unspecified atom stereocenters. The smallest absolute Gasteiger partial charge is 0.324 e. The summed E-state index contributed by atoms with van der Waals surface area (Å²) in [7, 11) is 0. The third-order valence-electron chi connectivity index (χ3n) is 2.42. The van der Waals surface area contributed by atoms with Crippen LogP contribution >= 0.6 is 0 Å². The lowest BCUT2D eigenvalue weighted by Gasteiger charge is -2.14. The molecule has 0 heterocycles. The van der Waals surface area contributed by atoms with Crippen molar-refractivity contribution in [2.24, 2.45) is 0 Å². The van der Waals surface area contributed by atoms with Crippen LogP contribution in [0.2, 0.25) is 0 Å². The van der Waals surface area contributed by atoms with Gasteiger partial charge in [-0.1, -0.05) is 18.2 Å². The average molecular weight is 264 g/mol. The van der Waals surface area contributed by atoms with Crippen LogP contribution in [0.25, 0.3) is 0 Å². The number of benzene rings is 1. The molecule has 0 amide bonds. The van der Waals surface area contributed by atoms with Crippen molar-refractivity contribution < 1.29 is 23.9 Å². The van der Waals surface area contributed by atoms with Gasteiger partial charge in [-0.05, 0) is 25.5 Å². The van der Waals surface area contributed by atoms with E-state index in [1.165, 1.54) is 6.07 Å². The van der Waals surface area contributed by atoms with Crippen molar-refractivity contribution in [3.05, 3.63) is 35.4 Å². The highest BCUT2D eigenvalue weighted by atomic mass is 16.6. The quantitative estimate of drug-likeness (QED) is 0.444. The predicted molar refractivity (Wildman–Crippen MR) is 67.8 cm³/mol. The number of aldehydes is 1. The standard InChI is InChI=1S/C14H16O5/c1-3-18-13(16)12(14(17)19-4-2)11-7-5-6-10(8-11)9-15/h5-9,12H,3-4H2,1-2H3. The number of hydrogen-bond acceptors (Lipinski definition) is 5. The van der Waals surface area contributed by atoms with E-state index < -0.39 is 17.9 Å². The highest BCUT2D eigenvalue weighted by molar-refractivity contribution is 6.01. The molecule has 0 saturated heterocycles. The van der Waals surface area contributed by atoms with Crippen molar-refractivity contribution in [2.45, 2.75) is 19.8 Å². The second-order valence-electron chi connectivity index (χ2n) is 3.73. The normalized spacial score (nSPS) is 10.1. The molecule has 0 fully saturated rings. The summed E-state index contributed by atoms with van der Waals surface area (Å²) in [5.74, 6) is -2.51. The van der Waals surface area contributed by atoms with E-state index in [0.29, 0.717) is 17.4 Å². The van der Waals surface area contributed by atoms with Crippen molar-refractivity contribution in [3.63, 3.8) is 0 Å². The van der Waals surface area contributed by atoms with Gasteiger partial charge in [0.05, 0.1) is 13.2 Å². The lowest BCUT2D eigenvalue weighted by molar-refractivity contribution is -0.156. The first-order valence-corrected chi connectivity index (χ1v) is 6.02. The third-order valence-corrected chi connectivity index (χ3v) is 2.42. The van der Waals surface area contributed by atoms with Gasteiger partial charge in [0.1, 0.15) is 6.29 Å². The molecule has 0 saturated carbocycles. The molecule has 0 atom stereocenters. The average Bonchev–Trinajstić information content (AvgIpc) is 2.40. The zero-order chi connectivity index (χ0) is 14.3. The second kappa shape index (κ2) is 7.31. The maximum absolute atomic E-state index is 11.8. The van der Waals surface area contributed by atoms with Crippen molar-refractivity contribution >= 4 is 18.2 Å². The monoisotopic (exact) mass is 264 g/mol. The van der Waals surface area contributed by atoms with Crippen LogP contribution in [-0.4, -0.2) is 31.4 Å². The van der Waals surface area contributed by atoms with Gasteiger partial charge in [0, 0.05) is 5.56 Å². The van der Waals surface area contributed by atoms with Crippen LogP contribution < -0.4 is 0 Å². The van der Waals surface area contributed by atoms with Gasteiger partial charge in [0.2, 0.25) is 0 Å². The summed E-state index contributed by atoms with van der Waals surface area (Å²) < 4.78 is 9.74. The molecule has 0 aliphatic heterocycles. The number of carbonyl (C=O) groups is 3. The van der Waals surface area contributed by atoms with E-state index in [0.717, 1.165) is 0 Å². The van der Waals surface area contributed by atoms with Gasteiger partial charge >= 0.3 is 11.9 Å². The van der Waals surface area contributed by atoms with Gasteiger partial charge in [-0.25, -0.2) is 0 Å². The third kappa shape index (κ3) is 3.91. The fourth-order valence-corrected chi connectivity index (χ4v) is 1.63. The fourth-order valence-electron chi connectivity index (χ4n) is 1.63. The molecule has 5 nitrogen and oxygen atoms in total. The molecule has 0 radical (unpaired) electrons. The lowest BCUT2D eigenvalue weighted by atomic mass is 9.97. The molecule has 102 valence electrons. The zero-order valence-corrected chi connectivity index (χ0v) is 10.9. The Hall–Kier alpha value is -2.17. The Morgan fingerprint density at radius 3 is 2.21 bits per heavy atom. The molecule has 1 aromatic carbocycles. The Kier molecular flexibility index (Phi) is 5.73. The van der Waals surface area contributed by atoms with E-state index in [1.807, 2.05) is 0 Å². The largest absolute Gasteiger partial charge is 0.465 e. The first-order chi connectivity index (χ1) is 9.13. The molecule has 0 N–H and O–H groups in total. The van der Waals surface area contributed by atoms with E-state index in [4.69, 9.17) is 9.47 Å². The van der Waals surface area contributed by atoms with E-state index in [2.05, 4.69) is 0 Å². The summed E-state index contributed by atoms with van der Waals surface area (Å²) in [4.78, 5) is 34.4. The van der Waals surface area contributed by atoms with E-state index >= 15 is 0 Å². The molecular weight excluding hydrogens is 248 g/mol. The Bertz CT molecular complexity index is 449. The summed E-state index contributed by atoms with van der Waals surface area (Å²) in [6.45, 7) is 3.65. The molecular formula is C14H16O5. The van der Waals surface area contributed by atoms with Crippen molar-refractivity contribution in [3.8, 4) is 0 Å². The SMILES string of the molecule is CCOC(=O)C(C(=O)OCC)c1cccc(C=O)c1. The van der Waals surface area contributed by atoms with Gasteiger partial charge in [0.25, 0.3) is 0 Å². The lowest BCUT2D eigenvalue weighted by Crippen LogP contribution is -2.26. The molecule has 0 aliphatic rings. The highest BCUT2D eigenvalue weighted by Gasteiger charge is 2.31. The number of ether oxygens (including phenoxy) is 2.